The molecule has 0 bridgehead atoms. The van der Waals surface area contributed by atoms with Crippen molar-refractivity contribution in [1.82, 2.24) is 0 Å². The SMILES string of the molecule is CC/C=C\C/C=C\C/C=C\C/C=C\CCCCCCCCCCCCCCCCC(=O)OCC(COC(=O)CCCCCCC/C=C\C/C=C\CCCC)OC(=O)CCCCCCCCCCC/C=C\C/C=C\CCCCC. The summed E-state index contributed by atoms with van der Waals surface area (Å²) in [6.07, 6.45) is 88.4. The van der Waals surface area contributed by atoms with Crippen molar-refractivity contribution in [2.24, 2.45) is 0 Å². The standard InChI is InChI=1S/C72H124O6/c1-4-7-10-13-16-19-22-25-28-30-32-33-34-35-36-37-38-39-41-42-44-47-50-53-56-59-62-65-71(74)77-68-69(67-76-70(73)64-61-58-55-52-49-46-27-24-21-18-15-12-9-6-3)78-72(75)66-63-60-57-54-51-48-45-43-40-31-29-26-23-20-17-14-11-8-5-2/h7,10,15-20,24-29,32-33,69H,4-6,8-9,11-14,21-23,30-31,34-68H2,1-3H3/b10-7-,18-15-,19-16-,20-17-,27-24-,28-25-,29-26-,33-32-. The maximum Gasteiger partial charge on any atom is 0.306 e. The molecule has 0 rings (SSSR count). The Labute approximate surface area is 483 Å². The van der Waals surface area contributed by atoms with Crippen molar-refractivity contribution in [1.29, 1.82) is 0 Å². The van der Waals surface area contributed by atoms with E-state index in [0.29, 0.717) is 19.3 Å². The molecule has 0 aromatic carbocycles. The van der Waals surface area contributed by atoms with Gasteiger partial charge in [-0.15, -0.1) is 0 Å². The largest absolute Gasteiger partial charge is 0.462 e. The second-order valence-electron chi connectivity index (χ2n) is 22.0. The molecule has 0 saturated heterocycles. The second kappa shape index (κ2) is 65.8. The number of carbonyl (C=O) groups is 3. The molecule has 0 radical (unpaired) electrons. The van der Waals surface area contributed by atoms with Crippen molar-refractivity contribution < 1.29 is 28.6 Å². The summed E-state index contributed by atoms with van der Waals surface area (Å²) in [6, 6.07) is 0. The van der Waals surface area contributed by atoms with Gasteiger partial charge in [-0.05, 0) is 116 Å². The Hall–Kier alpha value is -3.67. The van der Waals surface area contributed by atoms with Crippen LogP contribution in [0.3, 0.4) is 0 Å². The number of unbranched alkanes of at least 4 members (excludes halogenated alkanes) is 33. The van der Waals surface area contributed by atoms with Crippen LogP contribution in [-0.4, -0.2) is 37.2 Å². The fourth-order valence-corrected chi connectivity index (χ4v) is 9.31. The predicted octanol–water partition coefficient (Wildman–Crippen LogP) is 22.8. The van der Waals surface area contributed by atoms with Crippen LogP contribution in [0.2, 0.25) is 0 Å². The lowest BCUT2D eigenvalue weighted by molar-refractivity contribution is -0.167. The predicted molar refractivity (Wildman–Crippen MR) is 339 cm³/mol. The molecule has 0 fully saturated rings. The molecule has 6 heteroatoms. The van der Waals surface area contributed by atoms with E-state index < -0.39 is 6.10 Å². The maximum absolute atomic E-state index is 12.9. The minimum Gasteiger partial charge on any atom is -0.462 e. The van der Waals surface area contributed by atoms with Gasteiger partial charge < -0.3 is 14.2 Å². The van der Waals surface area contributed by atoms with Crippen LogP contribution >= 0.6 is 0 Å². The fourth-order valence-electron chi connectivity index (χ4n) is 9.31. The highest BCUT2D eigenvalue weighted by molar-refractivity contribution is 5.71. The smallest absolute Gasteiger partial charge is 0.306 e. The molecule has 448 valence electrons. The zero-order valence-electron chi connectivity index (χ0n) is 51.4. The molecule has 0 heterocycles. The van der Waals surface area contributed by atoms with E-state index in [9.17, 15) is 14.4 Å². The van der Waals surface area contributed by atoms with Crippen LogP contribution in [0.5, 0.6) is 0 Å². The van der Waals surface area contributed by atoms with E-state index >= 15 is 0 Å². The summed E-state index contributed by atoms with van der Waals surface area (Å²) in [5.41, 5.74) is 0. The molecule has 78 heavy (non-hydrogen) atoms. The molecule has 0 saturated carbocycles. The van der Waals surface area contributed by atoms with E-state index in [1.807, 2.05) is 0 Å². The zero-order valence-corrected chi connectivity index (χ0v) is 51.4. The zero-order chi connectivity index (χ0) is 56.4. The molecule has 1 unspecified atom stereocenters. The van der Waals surface area contributed by atoms with Gasteiger partial charge in [-0.1, -0.05) is 285 Å². The number of hydrogen-bond acceptors (Lipinski definition) is 6. The lowest BCUT2D eigenvalue weighted by Gasteiger charge is -2.18. The van der Waals surface area contributed by atoms with E-state index in [0.717, 1.165) is 109 Å². The molecule has 1 atom stereocenters. The molecular weight excluding hydrogens is 961 g/mol. The first-order chi connectivity index (χ1) is 38.5. The lowest BCUT2D eigenvalue weighted by atomic mass is 10.0. The number of esters is 3. The van der Waals surface area contributed by atoms with Crippen LogP contribution in [-0.2, 0) is 28.6 Å². The number of carbonyl (C=O) groups excluding carboxylic acids is 3. The Balaban J connectivity index is 4.30. The Morgan fingerprint density at radius 2 is 0.513 bits per heavy atom. The van der Waals surface area contributed by atoms with E-state index in [4.69, 9.17) is 14.2 Å². The number of rotatable bonds is 60. The molecule has 0 N–H and O–H groups in total. The molecule has 0 aromatic heterocycles. The molecule has 0 spiro atoms. The Morgan fingerprint density at radius 1 is 0.269 bits per heavy atom. The minimum atomic E-state index is -0.787. The monoisotopic (exact) mass is 1080 g/mol. The van der Waals surface area contributed by atoms with Crippen LogP contribution in [0.15, 0.2) is 97.2 Å². The summed E-state index contributed by atoms with van der Waals surface area (Å²) < 4.78 is 16.9. The Morgan fingerprint density at radius 3 is 0.821 bits per heavy atom. The molecule has 0 aliphatic heterocycles. The summed E-state index contributed by atoms with van der Waals surface area (Å²) in [5.74, 6) is -0.889. The van der Waals surface area contributed by atoms with Crippen LogP contribution in [0.4, 0.5) is 0 Å². The summed E-state index contributed by atoms with van der Waals surface area (Å²) in [7, 11) is 0. The van der Waals surface area contributed by atoms with Crippen molar-refractivity contribution in [3.63, 3.8) is 0 Å². The van der Waals surface area contributed by atoms with Gasteiger partial charge in [0, 0.05) is 19.3 Å². The van der Waals surface area contributed by atoms with Crippen molar-refractivity contribution in [2.75, 3.05) is 13.2 Å². The van der Waals surface area contributed by atoms with Gasteiger partial charge >= 0.3 is 17.9 Å². The fraction of sp³-hybridized carbons (Fsp3) is 0.736. The molecule has 6 nitrogen and oxygen atoms in total. The van der Waals surface area contributed by atoms with Crippen LogP contribution in [0.25, 0.3) is 0 Å². The Kier molecular flexibility index (Phi) is 62.7. The van der Waals surface area contributed by atoms with Crippen LogP contribution in [0.1, 0.15) is 323 Å². The third-order valence-corrected chi connectivity index (χ3v) is 14.3. The first-order valence-electron chi connectivity index (χ1n) is 33.2. The van der Waals surface area contributed by atoms with Gasteiger partial charge in [0.05, 0.1) is 0 Å². The first-order valence-corrected chi connectivity index (χ1v) is 33.2. The van der Waals surface area contributed by atoms with Gasteiger partial charge in [0.1, 0.15) is 13.2 Å². The number of ether oxygens (including phenoxy) is 3. The molecular formula is C72H124O6. The summed E-state index contributed by atoms with van der Waals surface area (Å²) in [5, 5.41) is 0. The second-order valence-corrected chi connectivity index (χ2v) is 22.0. The lowest BCUT2D eigenvalue weighted by Crippen LogP contribution is -2.30. The molecule has 0 amide bonds. The summed E-state index contributed by atoms with van der Waals surface area (Å²) in [6.45, 7) is 6.48. The number of hydrogen-bond donors (Lipinski definition) is 0. The normalized spacial score (nSPS) is 12.7. The minimum absolute atomic E-state index is 0.0824. The highest BCUT2D eigenvalue weighted by atomic mass is 16.6. The van der Waals surface area contributed by atoms with Gasteiger partial charge in [0.25, 0.3) is 0 Å². The van der Waals surface area contributed by atoms with Crippen molar-refractivity contribution in [2.45, 2.75) is 329 Å². The highest BCUT2D eigenvalue weighted by Gasteiger charge is 2.19. The van der Waals surface area contributed by atoms with E-state index in [1.165, 1.54) is 173 Å². The van der Waals surface area contributed by atoms with Crippen LogP contribution in [0, 0.1) is 0 Å². The quantitative estimate of drug-likeness (QED) is 0.0261. The summed E-state index contributed by atoms with van der Waals surface area (Å²) in [4.78, 5) is 38.4. The first kappa shape index (κ1) is 74.3. The van der Waals surface area contributed by atoms with Gasteiger partial charge in [0.15, 0.2) is 6.10 Å². The molecule has 0 aliphatic carbocycles. The van der Waals surface area contributed by atoms with E-state index in [-0.39, 0.29) is 31.1 Å². The van der Waals surface area contributed by atoms with E-state index in [2.05, 4.69) is 118 Å². The maximum atomic E-state index is 12.9. The van der Waals surface area contributed by atoms with Gasteiger partial charge in [-0.25, -0.2) is 0 Å². The van der Waals surface area contributed by atoms with E-state index in [1.54, 1.807) is 0 Å². The van der Waals surface area contributed by atoms with Crippen molar-refractivity contribution in [3.8, 4) is 0 Å². The third-order valence-electron chi connectivity index (χ3n) is 14.3. The van der Waals surface area contributed by atoms with Gasteiger partial charge in [0.2, 0.25) is 0 Å². The highest BCUT2D eigenvalue weighted by Crippen LogP contribution is 2.17. The Bertz CT molecular complexity index is 1530. The topological polar surface area (TPSA) is 78.9 Å². The van der Waals surface area contributed by atoms with Gasteiger partial charge in [-0.2, -0.15) is 0 Å². The average Bonchev–Trinajstić information content (AvgIpc) is 3.44. The third kappa shape index (κ3) is 63.2. The van der Waals surface area contributed by atoms with Gasteiger partial charge in [-0.3, -0.25) is 14.4 Å². The van der Waals surface area contributed by atoms with Crippen molar-refractivity contribution in [3.05, 3.63) is 97.2 Å². The summed E-state index contributed by atoms with van der Waals surface area (Å²) >= 11 is 0. The van der Waals surface area contributed by atoms with Crippen molar-refractivity contribution >= 4 is 17.9 Å². The van der Waals surface area contributed by atoms with Crippen LogP contribution < -0.4 is 0 Å². The number of allylic oxidation sites excluding steroid dienone is 16. The molecule has 0 aromatic rings. The molecule has 0 aliphatic rings. The average molecular weight is 1090 g/mol.